The third-order valence-electron chi connectivity index (χ3n) is 13.2. The minimum atomic E-state index is 0.894. The Morgan fingerprint density at radius 3 is 1.63 bits per heavy atom. The molecule has 0 aliphatic rings. The molecule has 0 aliphatic heterocycles. The number of nitrogens with zero attached hydrogens (tertiary/aromatic N) is 2. The van der Waals surface area contributed by atoms with Crippen LogP contribution in [-0.4, -0.2) is 4.57 Å². The van der Waals surface area contributed by atoms with Gasteiger partial charge in [-0.05, 0) is 111 Å². The smallest absolute Gasteiger partial charge is 0.143 e. The standard InChI is InChI=1S/C62H40N2O/c1-2-19-50-42(14-1)30-31-46-38-43(34-37-51(46)50)41-32-35-47(36-33-41)63(49-18-12-16-45(40-49)53-24-13-25-57-56-23-6-10-29-61(56)65-62(53)57)48-17-11-15-44(39-48)52-20-3-7-26-58(52)64-59-27-8-4-21-54(59)55-22-5-9-28-60(55)64/h1-40H. The zero-order valence-corrected chi connectivity index (χ0v) is 35.4. The number of para-hydroxylation sites is 5. The predicted octanol–water partition coefficient (Wildman–Crippen LogP) is 17.5. The Morgan fingerprint density at radius 2 is 0.862 bits per heavy atom. The Morgan fingerprint density at radius 1 is 0.308 bits per heavy atom. The molecular weight excluding hydrogens is 789 g/mol. The molecule has 304 valence electrons. The fraction of sp³-hybridized carbons (Fsp3) is 0. The van der Waals surface area contributed by atoms with Crippen LogP contribution in [0.15, 0.2) is 247 Å². The van der Waals surface area contributed by atoms with Gasteiger partial charge in [-0.25, -0.2) is 0 Å². The molecular formula is C62H40N2O. The molecule has 0 saturated heterocycles. The van der Waals surface area contributed by atoms with Gasteiger partial charge in [0, 0.05) is 49.7 Å². The fourth-order valence-corrected chi connectivity index (χ4v) is 10.1. The van der Waals surface area contributed by atoms with Gasteiger partial charge >= 0.3 is 0 Å². The Kier molecular flexibility index (Phi) is 8.53. The summed E-state index contributed by atoms with van der Waals surface area (Å²) in [7, 11) is 0. The Hall–Kier alpha value is -8.66. The quantitative estimate of drug-likeness (QED) is 0.149. The van der Waals surface area contributed by atoms with Crippen molar-refractivity contribution in [1.29, 1.82) is 0 Å². The number of fused-ring (bicyclic) bond motifs is 9. The number of hydrogen-bond donors (Lipinski definition) is 0. The first-order valence-electron chi connectivity index (χ1n) is 22.2. The van der Waals surface area contributed by atoms with Gasteiger partial charge < -0.3 is 13.9 Å². The largest absolute Gasteiger partial charge is 0.455 e. The zero-order chi connectivity index (χ0) is 42.8. The van der Waals surface area contributed by atoms with E-state index in [4.69, 9.17) is 4.42 Å². The van der Waals surface area contributed by atoms with Crippen LogP contribution < -0.4 is 4.90 Å². The highest BCUT2D eigenvalue weighted by Gasteiger charge is 2.20. The van der Waals surface area contributed by atoms with E-state index in [1.54, 1.807) is 0 Å². The average molecular weight is 829 g/mol. The molecule has 0 spiro atoms. The Labute approximate surface area is 376 Å². The summed E-state index contributed by atoms with van der Waals surface area (Å²) in [6.07, 6.45) is 0. The second-order valence-electron chi connectivity index (χ2n) is 16.9. The molecule has 65 heavy (non-hydrogen) atoms. The Bertz CT molecular complexity index is 3910. The molecule has 0 saturated carbocycles. The van der Waals surface area contributed by atoms with Crippen molar-refractivity contribution in [2.24, 2.45) is 0 Å². The highest BCUT2D eigenvalue weighted by Crippen LogP contribution is 2.43. The second-order valence-corrected chi connectivity index (χ2v) is 16.9. The van der Waals surface area contributed by atoms with Crippen LogP contribution >= 0.6 is 0 Å². The summed E-state index contributed by atoms with van der Waals surface area (Å²) in [5, 5.41) is 9.78. The molecule has 0 fully saturated rings. The van der Waals surface area contributed by atoms with Crippen molar-refractivity contribution in [3.63, 3.8) is 0 Å². The average Bonchev–Trinajstić information content (AvgIpc) is 3.93. The van der Waals surface area contributed by atoms with Crippen molar-refractivity contribution in [3.05, 3.63) is 243 Å². The summed E-state index contributed by atoms with van der Waals surface area (Å²) in [4.78, 5) is 2.38. The van der Waals surface area contributed by atoms with E-state index in [2.05, 4.69) is 240 Å². The number of hydrogen-bond acceptors (Lipinski definition) is 2. The molecule has 3 heteroatoms. The first-order valence-corrected chi connectivity index (χ1v) is 22.2. The summed E-state index contributed by atoms with van der Waals surface area (Å²) in [6.45, 7) is 0. The van der Waals surface area contributed by atoms with Gasteiger partial charge in [-0.15, -0.1) is 0 Å². The van der Waals surface area contributed by atoms with Crippen molar-refractivity contribution in [2.45, 2.75) is 0 Å². The number of furan rings is 1. The van der Waals surface area contributed by atoms with E-state index in [0.29, 0.717) is 0 Å². The molecule has 0 atom stereocenters. The highest BCUT2D eigenvalue weighted by molar-refractivity contribution is 6.11. The maximum atomic E-state index is 6.56. The number of anilines is 3. The fourth-order valence-electron chi connectivity index (χ4n) is 10.1. The maximum Gasteiger partial charge on any atom is 0.143 e. The van der Waals surface area contributed by atoms with Gasteiger partial charge in [-0.2, -0.15) is 0 Å². The SMILES string of the molecule is c1cc(-c2ccccc2-n2c3ccccc3c3ccccc32)cc(N(c2ccc(-c3ccc4c(ccc5ccccc54)c3)cc2)c2cccc(-c3cccc4c3oc3ccccc34)c2)c1. The third kappa shape index (κ3) is 6.12. The lowest BCUT2D eigenvalue weighted by atomic mass is 9.97. The molecule has 13 rings (SSSR count). The normalized spacial score (nSPS) is 11.7. The summed E-state index contributed by atoms with van der Waals surface area (Å²) in [6, 6.07) is 87.7. The number of benzene rings is 11. The Balaban J connectivity index is 0.958. The van der Waals surface area contributed by atoms with Gasteiger partial charge in [0.1, 0.15) is 11.2 Å². The number of aromatic nitrogens is 1. The van der Waals surface area contributed by atoms with Crippen LogP contribution in [0.1, 0.15) is 0 Å². The van der Waals surface area contributed by atoms with E-state index in [1.807, 2.05) is 12.1 Å². The maximum absolute atomic E-state index is 6.56. The molecule has 0 amide bonds. The van der Waals surface area contributed by atoms with E-state index >= 15 is 0 Å². The molecule has 13 aromatic rings. The van der Waals surface area contributed by atoms with Crippen molar-refractivity contribution in [2.75, 3.05) is 4.90 Å². The lowest BCUT2D eigenvalue weighted by Gasteiger charge is -2.27. The van der Waals surface area contributed by atoms with Gasteiger partial charge in [0.05, 0.1) is 16.7 Å². The summed E-state index contributed by atoms with van der Waals surface area (Å²) in [5.41, 5.74) is 15.3. The molecule has 0 aliphatic carbocycles. The molecule has 0 bridgehead atoms. The van der Waals surface area contributed by atoms with Crippen molar-refractivity contribution in [1.82, 2.24) is 4.57 Å². The predicted molar refractivity (Wildman–Crippen MR) is 274 cm³/mol. The zero-order valence-electron chi connectivity index (χ0n) is 35.4. The summed E-state index contributed by atoms with van der Waals surface area (Å²) in [5.74, 6) is 0. The van der Waals surface area contributed by atoms with Gasteiger partial charge in [0.15, 0.2) is 0 Å². The first kappa shape index (κ1) is 36.9. The van der Waals surface area contributed by atoms with E-state index in [1.165, 1.54) is 54.5 Å². The monoisotopic (exact) mass is 828 g/mol. The van der Waals surface area contributed by atoms with E-state index in [0.717, 1.165) is 66.9 Å². The van der Waals surface area contributed by atoms with Crippen molar-refractivity contribution >= 4 is 82.4 Å². The minimum absolute atomic E-state index is 0.894. The summed E-state index contributed by atoms with van der Waals surface area (Å²) < 4.78 is 8.97. The van der Waals surface area contributed by atoms with Gasteiger partial charge in [-0.3, -0.25) is 0 Å². The van der Waals surface area contributed by atoms with E-state index in [-0.39, 0.29) is 0 Å². The number of rotatable bonds is 7. The van der Waals surface area contributed by atoms with Crippen LogP contribution in [0.4, 0.5) is 17.1 Å². The van der Waals surface area contributed by atoms with Crippen LogP contribution in [0.3, 0.4) is 0 Å². The molecule has 11 aromatic carbocycles. The van der Waals surface area contributed by atoms with Crippen LogP contribution in [0.25, 0.3) is 104 Å². The van der Waals surface area contributed by atoms with Gasteiger partial charge in [-0.1, -0.05) is 176 Å². The van der Waals surface area contributed by atoms with Crippen LogP contribution in [0, 0.1) is 0 Å². The second kappa shape index (κ2) is 15.0. The summed E-state index contributed by atoms with van der Waals surface area (Å²) >= 11 is 0. The lowest BCUT2D eigenvalue weighted by Crippen LogP contribution is -2.10. The molecule has 0 N–H and O–H groups in total. The van der Waals surface area contributed by atoms with Gasteiger partial charge in [0.2, 0.25) is 0 Å². The van der Waals surface area contributed by atoms with Gasteiger partial charge in [0.25, 0.3) is 0 Å². The lowest BCUT2D eigenvalue weighted by molar-refractivity contribution is 0.670. The molecule has 0 unspecified atom stereocenters. The minimum Gasteiger partial charge on any atom is -0.455 e. The first-order chi connectivity index (χ1) is 32.2. The van der Waals surface area contributed by atoms with Crippen molar-refractivity contribution < 1.29 is 4.42 Å². The van der Waals surface area contributed by atoms with Crippen LogP contribution in [0.5, 0.6) is 0 Å². The van der Waals surface area contributed by atoms with Crippen LogP contribution in [0.2, 0.25) is 0 Å². The van der Waals surface area contributed by atoms with Crippen LogP contribution in [-0.2, 0) is 0 Å². The molecule has 2 aromatic heterocycles. The third-order valence-corrected chi connectivity index (χ3v) is 13.2. The van der Waals surface area contributed by atoms with E-state index < -0.39 is 0 Å². The molecule has 2 heterocycles. The van der Waals surface area contributed by atoms with E-state index in [9.17, 15) is 0 Å². The topological polar surface area (TPSA) is 21.3 Å². The highest BCUT2D eigenvalue weighted by atomic mass is 16.3. The molecule has 0 radical (unpaired) electrons. The molecule has 3 nitrogen and oxygen atoms in total. The van der Waals surface area contributed by atoms with Crippen molar-refractivity contribution in [3.8, 4) is 39.1 Å².